The Balaban J connectivity index is 0.000000300. The van der Waals surface area contributed by atoms with Gasteiger partial charge in [-0.25, -0.2) is 12.1 Å². The Morgan fingerprint density at radius 1 is 0.625 bits per heavy atom. The summed E-state index contributed by atoms with van der Waals surface area (Å²) in [5.41, 5.74) is 2.11. The molecule has 0 unspecified atom stereocenters. The molecule has 4 rings (SSSR count). The molecule has 2 aliphatic carbocycles. The first-order chi connectivity index (χ1) is 11.4. The van der Waals surface area contributed by atoms with Gasteiger partial charge in [-0.1, -0.05) is 38.5 Å². The molecule has 2 aromatic carbocycles. The summed E-state index contributed by atoms with van der Waals surface area (Å²) < 4.78 is 0. The maximum atomic E-state index is 2.43. The largest absolute Gasteiger partial charge is 0.748 e. The third-order valence-electron chi connectivity index (χ3n) is 5.43. The van der Waals surface area contributed by atoms with E-state index in [1.54, 1.807) is 5.30 Å². The van der Waals surface area contributed by atoms with Crippen LogP contribution in [0.15, 0.2) is 54.6 Å². The van der Waals surface area contributed by atoms with Gasteiger partial charge in [-0.3, -0.25) is 0 Å². The number of hydrogen-bond acceptors (Lipinski definition) is 0. The van der Waals surface area contributed by atoms with Crippen molar-refractivity contribution in [2.24, 2.45) is 0 Å². The van der Waals surface area contributed by atoms with E-state index in [1.165, 1.54) is 64.2 Å². The summed E-state index contributed by atoms with van der Waals surface area (Å²) in [4.78, 5) is 0. The molecule has 0 radical (unpaired) electrons. The van der Waals surface area contributed by atoms with Crippen LogP contribution in [0.5, 0.6) is 0 Å². The van der Waals surface area contributed by atoms with E-state index < -0.39 is 0 Å². The van der Waals surface area contributed by atoms with E-state index in [2.05, 4.69) is 24.3 Å². The smallest absolute Gasteiger partial charge is 0 e. The maximum absolute atomic E-state index is 2.43. The zero-order chi connectivity index (χ0) is 15.7. The second-order valence-corrected chi connectivity index (χ2v) is 9.89. The third-order valence-corrected chi connectivity index (χ3v) is 8.94. The van der Waals surface area contributed by atoms with Gasteiger partial charge in [-0.2, -0.15) is 12.1 Å². The maximum Gasteiger partial charge on any atom is 0 e. The van der Waals surface area contributed by atoms with Gasteiger partial charge in [0.2, 0.25) is 0 Å². The topological polar surface area (TPSA) is 0 Å². The van der Waals surface area contributed by atoms with Crippen LogP contribution in [-0.4, -0.2) is 11.3 Å². The Kier molecular flexibility index (Phi) is 9.52. The molecule has 24 heavy (non-hydrogen) atoms. The van der Waals surface area contributed by atoms with Gasteiger partial charge < -0.3 is 30.3 Å². The molecule has 0 amide bonds. The number of rotatable bonds is 3. The van der Waals surface area contributed by atoms with E-state index in [9.17, 15) is 0 Å². The van der Waals surface area contributed by atoms with Gasteiger partial charge in [0.05, 0.1) is 0 Å². The molecule has 0 heterocycles. The number of hydrogen-bond donors (Lipinski definition) is 0. The van der Waals surface area contributed by atoms with Crippen molar-refractivity contribution < 1.29 is 19.5 Å². The summed E-state index contributed by atoms with van der Waals surface area (Å²) in [6, 6.07) is 19.4. The quantitative estimate of drug-likeness (QED) is 0.295. The molecule has 0 N–H and O–H groups in total. The normalized spacial score (nSPS) is 19.4. The molecule has 2 fully saturated rings. The zero-order valence-corrected chi connectivity index (χ0v) is 17.4. The molecule has 2 aromatic rings. The van der Waals surface area contributed by atoms with Crippen LogP contribution in [0.3, 0.4) is 0 Å². The van der Waals surface area contributed by atoms with Crippen molar-refractivity contribution in [2.75, 3.05) is 0 Å². The van der Waals surface area contributed by atoms with Gasteiger partial charge in [0.1, 0.15) is 0 Å². The summed E-state index contributed by atoms with van der Waals surface area (Å²) in [6.07, 6.45) is 15.1. The Hall–Kier alpha value is -0.247. The van der Waals surface area contributed by atoms with Crippen LogP contribution < -0.4 is 5.30 Å². The van der Waals surface area contributed by atoms with Crippen molar-refractivity contribution in [3.8, 4) is 0 Å². The first kappa shape index (κ1) is 20.1. The molecule has 0 atom stereocenters. The van der Waals surface area contributed by atoms with Crippen molar-refractivity contribution in [3.63, 3.8) is 0 Å². The molecule has 0 aromatic heterocycles. The second kappa shape index (κ2) is 11.4. The molecule has 0 bridgehead atoms. The van der Waals surface area contributed by atoms with E-state index in [4.69, 9.17) is 0 Å². The van der Waals surface area contributed by atoms with Crippen molar-refractivity contribution in [1.82, 2.24) is 0 Å². The molecule has 0 aliphatic heterocycles. The summed E-state index contributed by atoms with van der Waals surface area (Å²) in [6.45, 7) is 0. The Morgan fingerprint density at radius 3 is 1.38 bits per heavy atom. The third kappa shape index (κ3) is 5.93. The van der Waals surface area contributed by atoms with Gasteiger partial charge in [0, 0.05) is 19.5 Å². The minimum absolute atomic E-state index is 0. The fourth-order valence-corrected chi connectivity index (χ4v) is 8.09. The van der Waals surface area contributed by atoms with Crippen LogP contribution in [-0.2, 0) is 19.5 Å². The summed E-state index contributed by atoms with van der Waals surface area (Å²) in [5.74, 6) is 0. The van der Waals surface area contributed by atoms with Gasteiger partial charge in [0.25, 0.3) is 0 Å². The van der Waals surface area contributed by atoms with Crippen LogP contribution in [0.4, 0.5) is 0 Å². The average molecular weight is 428 g/mol. The first-order valence-electron chi connectivity index (χ1n) is 9.62. The van der Waals surface area contributed by atoms with Gasteiger partial charge in [-0.05, 0) is 37.0 Å². The molecule has 0 nitrogen and oxygen atoms in total. The molecule has 0 spiro atoms. The average Bonchev–Trinajstić information content (AvgIpc) is 3.34. The first-order valence-corrected chi connectivity index (χ1v) is 11.1. The predicted octanol–water partition coefficient (Wildman–Crippen LogP) is 6.58. The van der Waals surface area contributed by atoms with Crippen LogP contribution in [0.25, 0.3) is 0 Å². The minimum atomic E-state index is 0. The van der Waals surface area contributed by atoms with Crippen molar-refractivity contribution >= 4 is 13.2 Å². The summed E-state index contributed by atoms with van der Waals surface area (Å²) in [7, 11) is 0.145. The van der Waals surface area contributed by atoms with Crippen LogP contribution in [0.2, 0.25) is 0 Å². The Bertz CT molecular complexity index is 455. The van der Waals surface area contributed by atoms with Gasteiger partial charge >= 0.3 is 0 Å². The van der Waals surface area contributed by atoms with Crippen LogP contribution >= 0.6 is 7.92 Å². The predicted molar refractivity (Wildman–Crippen MR) is 104 cm³/mol. The minimum Gasteiger partial charge on any atom is -0.748 e. The van der Waals surface area contributed by atoms with E-state index in [-0.39, 0.29) is 27.4 Å². The Labute approximate surface area is 162 Å². The molecular weight excluding hydrogens is 396 g/mol. The monoisotopic (exact) mass is 428 g/mol. The molecular formula is C22H31PRu-6. The molecule has 138 valence electrons. The molecule has 2 heteroatoms. The standard InChI is InChI=1S/C17H26P.C5H5.Ru/c1-3-9-15(10-4-1)18(17-13-7-8-14-17)16-11-5-2-6-12-16;1-2-4-5-3-1;/h7-8,13-16H,1-6,9-12H2;1-5H;/q-1;-5;. The van der Waals surface area contributed by atoms with Gasteiger partial charge in [-0.15, -0.1) is 13.2 Å². The van der Waals surface area contributed by atoms with Crippen molar-refractivity contribution in [1.29, 1.82) is 0 Å². The van der Waals surface area contributed by atoms with E-state index in [0.717, 1.165) is 11.3 Å². The van der Waals surface area contributed by atoms with Crippen molar-refractivity contribution in [2.45, 2.75) is 75.5 Å². The fraction of sp³-hybridized carbons (Fsp3) is 0.545. The fourth-order valence-electron chi connectivity index (χ4n) is 4.29. The summed E-state index contributed by atoms with van der Waals surface area (Å²) >= 11 is 0. The van der Waals surface area contributed by atoms with Gasteiger partial charge in [0.15, 0.2) is 0 Å². The van der Waals surface area contributed by atoms with E-state index in [0.29, 0.717) is 0 Å². The van der Waals surface area contributed by atoms with E-state index >= 15 is 0 Å². The van der Waals surface area contributed by atoms with E-state index in [1.807, 2.05) is 30.3 Å². The van der Waals surface area contributed by atoms with Crippen LogP contribution in [0, 0.1) is 0 Å². The van der Waals surface area contributed by atoms with Crippen LogP contribution in [0.1, 0.15) is 64.2 Å². The summed E-state index contributed by atoms with van der Waals surface area (Å²) in [5, 5.41) is 1.73. The second-order valence-electron chi connectivity index (χ2n) is 7.10. The zero-order valence-electron chi connectivity index (χ0n) is 14.7. The Morgan fingerprint density at radius 2 is 1.00 bits per heavy atom. The molecule has 0 saturated heterocycles. The molecule has 2 saturated carbocycles. The van der Waals surface area contributed by atoms with Crippen molar-refractivity contribution in [3.05, 3.63) is 54.6 Å². The SMILES string of the molecule is [Ru].[cH-]1[cH-][cH-][cH-][cH-]1.c1cc[c-](P(C2CCCCC2)C2CCCCC2)c1. The molecule has 2 aliphatic rings.